The van der Waals surface area contributed by atoms with Crippen molar-refractivity contribution in [1.82, 2.24) is 4.90 Å². The molecule has 9 nitrogen and oxygen atoms in total. The van der Waals surface area contributed by atoms with Crippen LogP contribution in [0.4, 0.5) is 4.79 Å². The highest BCUT2D eigenvalue weighted by Gasteiger charge is 2.63. The number of Topliss-reactive ketones (excluding diaryl/α,β-unsaturated/α-hetero) is 1. The zero-order chi connectivity index (χ0) is 30.5. The van der Waals surface area contributed by atoms with Gasteiger partial charge in [0.1, 0.15) is 6.29 Å². The number of nitrogens with zero attached hydrogens (tertiary/aromatic N) is 1. The van der Waals surface area contributed by atoms with Gasteiger partial charge >= 0.3 is 12.1 Å². The van der Waals surface area contributed by atoms with Gasteiger partial charge < -0.3 is 29.0 Å². The highest BCUT2D eigenvalue weighted by molar-refractivity contribution is 5.94. The summed E-state index contributed by atoms with van der Waals surface area (Å²) in [4.78, 5) is 47.2. The molecule has 0 spiro atoms. The maximum atomic E-state index is 14.2. The van der Waals surface area contributed by atoms with Crippen molar-refractivity contribution in [1.29, 1.82) is 0 Å². The van der Waals surface area contributed by atoms with Gasteiger partial charge in [0.15, 0.2) is 11.9 Å². The van der Waals surface area contributed by atoms with Crippen LogP contribution >= 0.6 is 0 Å². The third kappa shape index (κ3) is 6.56. The second-order valence-electron chi connectivity index (χ2n) is 11.9. The Kier molecular flexibility index (Phi) is 10.9. The molecular formula is C32H45NO8. The van der Waals surface area contributed by atoms with E-state index >= 15 is 0 Å². The summed E-state index contributed by atoms with van der Waals surface area (Å²) >= 11 is 0. The molecule has 1 aliphatic heterocycles. The van der Waals surface area contributed by atoms with Gasteiger partial charge in [0.05, 0.1) is 29.8 Å². The number of hydrogen-bond acceptors (Lipinski definition) is 7. The van der Waals surface area contributed by atoms with E-state index in [0.717, 1.165) is 44.1 Å². The highest BCUT2D eigenvalue weighted by atomic mass is 16.6. The van der Waals surface area contributed by atoms with Crippen LogP contribution in [0.5, 0.6) is 0 Å². The lowest BCUT2D eigenvalue weighted by atomic mass is 9.51. The Balaban J connectivity index is 0.000000323. The average Bonchev–Trinajstić information content (AvgIpc) is 2.92. The molecule has 8 unspecified atom stereocenters. The molecule has 41 heavy (non-hydrogen) atoms. The Bertz CT molecular complexity index is 1130. The average molecular weight is 572 g/mol. The minimum absolute atomic E-state index is 0.0106. The second kappa shape index (κ2) is 13.7. The van der Waals surface area contributed by atoms with Gasteiger partial charge in [0, 0.05) is 33.5 Å². The fraction of sp³-hybridized carbons (Fsp3) is 0.625. The Hall–Kier alpha value is -3.04. The minimum Gasteiger partial charge on any atom is -0.478 e. The number of ketones is 1. The van der Waals surface area contributed by atoms with E-state index in [4.69, 9.17) is 24.1 Å². The summed E-state index contributed by atoms with van der Waals surface area (Å²) in [6, 6.07) is 8.30. The molecule has 3 aliphatic carbocycles. The minimum atomic E-state index is -0.879. The number of aromatic carboxylic acids is 1. The van der Waals surface area contributed by atoms with Gasteiger partial charge in [-0.2, -0.15) is 0 Å². The van der Waals surface area contributed by atoms with Crippen LogP contribution in [0.25, 0.3) is 0 Å². The first-order chi connectivity index (χ1) is 19.4. The zero-order valence-electron chi connectivity index (χ0n) is 25.3. The molecule has 4 aliphatic rings. The zero-order valence-corrected chi connectivity index (χ0v) is 25.3. The number of aldehydes is 1. The Labute approximate surface area is 243 Å². The van der Waals surface area contributed by atoms with Crippen molar-refractivity contribution in [2.75, 3.05) is 27.8 Å². The predicted octanol–water partition coefficient (Wildman–Crippen LogP) is 5.03. The summed E-state index contributed by atoms with van der Waals surface area (Å²) < 4.78 is 17.6. The first kappa shape index (κ1) is 32.5. The van der Waals surface area contributed by atoms with Gasteiger partial charge in [0.2, 0.25) is 0 Å². The van der Waals surface area contributed by atoms with Crippen LogP contribution in [0.15, 0.2) is 41.5 Å². The number of fused-ring (bicyclic) bond motifs is 5. The van der Waals surface area contributed by atoms with E-state index in [0.29, 0.717) is 17.4 Å². The van der Waals surface area contributed by atoms with E-state index in [-0.39, 0.29) is 29.8 Å². The van der Waals surface area contributed by atoms with Gasteiger partial charge in [-0.1, -0.05) is 30.7 Å². The topological polar surface area (TPSA) is 119 Å². The molecule has 226 valence electrons. The van der Waals surface area contributed by atoms with Crippen molar-refractivity contribution >= 4 is 24.1 Å². The standard InChI is InChI=1S/C23H35NO5.C7H6O2.C2H4O/c1-12-7-8-14-9-16-15-11-28-17(15)10-18(27-6)23(16,3)21(25)20(19(12)13(14)2)29-22(26)24(4)5;8-7(9)6-4-2-1-3-5-6;1-2-3/h13-18,20H,7-11H2,1-6H3;1-5H,(H,8,9);2H,1H3. The molecule has 0 radical (unpaired) electrons. The Morgan fingerprint density at radius 1 is 1.17 bits per heavy atom. The molecule has 5 rings (SSSR count). The van der Waals surface area contributed by atoms with Crippen LogP contribution < -0.4 is 0 Å². The molecule has 2 saturated carbocycles. The highest BCUT2D eigenvalue weighted by Crippen LogP contribution is 2.57. The van der Waals surface area contributed by atoms with Crippen molar-refractivity contribution < 1.29 is 38.5 Å². The first-order valence-electron chi connectivity index (χ1n) is 14.4. The summed E-state index contributed by atoms with van der Waals surface area (Å²) in [6.07, 6.45) is 3.25. The molecule has 2 bridgehead atoms. The van der Waals surface area contributed by atoms with E-state index in [9.17, 15) is 14.4 Å². The lowest BCUT2D eigenvalue weighted by Crippen LogP contribution is -2.65. The fourth-order valence-electron chi connectivity index (χ4n) is 7.08. The Morgan fingerprint density at radius 2 is 1.80 bits per heavy atom. The van der Waals surface area contributed by atoms with Gasteiger partial charge in [-0.05, 0) is 75.5 Å². The lowest BCUT2D eigenvalue weighted by molar-refractivity contribution is -0.233. The molecule has 1 aromatic rings. The van der Waals surface area contributed by atoms with E-state index in [2.05, 4.69) is 20.8 Å². The molecule has 9 heteroatoms. The van der Waals surface area contributed by atoms with Crippen LogP contribution in [0.1, 0.15) is 63.7 Å². The second-order valence-corrected chi connectivity index (χ2v) is 11.9. The molecule has 1 heterocycles. The SMILES string of the molecule is CC=O.COC1CC2OCC2C2CC3CCC(C)=C(C(OC(=O)N(C)C)C(=O)C12C)C3C.O=C(O)c1ccccc1. The monoisotopic (exact) mass is 571 g/mol. The maximum Gasteiger partial charge on any atom is 0.410 e. The quantitative estimate of drug-likeness (QED) is 0.396. The summed E-state index contributed by atoms with van der Waals surface area (Å²) in [5, 5.41) is 8.38. The molecule has 3 fully saturated rings. The van der Waals surface area contributed by atoms with Crippen LogP contribution in [0.2, 0.25) is 0 Å². The van der Waals surface area contributed by atoms with Crippen molar-refractivity contribution in [3.63, 3.8) is 0 Å². The number of carboxylic acid groups (broad SMARTS) is 1. The number of hydrogen-bond donors (Lipinski definition) is 1. The normalized spacial score (nSPS) is 33.4. The van der Waals surface area contributed by atoms with Crippen LogP contribution in [-0.2, 0) is 23.8 Å². The predicted molar refractivity (Wildman–Crippen MR) is 154 cm³/mol. The van der Waals surface area contributed by atoms with E-state index < -0.39 is 23.6 Å². The molecule has 1 N–H and O–H groups in total. The number of amides is 1. The number of carboxylic acids is 1. The summed E-state index contributed by atoms with van der Waals surface area (Å²) in [6.45, 7) is 8.53. The van der Waals surface area contributed by atoms with E-state index in [1.165, 1.54) is 17.4 Å². The van der Waals surface area contributed by atoms with Gasteiger partial charge in [0.25, 0.3) is 0 Å². The van der Waals surface area contributed by atoms with Crippen LogP contribution in [-0.4, -0.2) is 80.3 Å². The number of methoxy groups -OCH3 is 1. The molecule has 1 amide bonds. The molecule has 1 aromatic carbocycles. The summed E-state index contributed by atoms with van der Waals surface area (Å²) in [5.41, 5.74) is 1.88. The molecule has 8 atom stereocenters. The number of allylic oxidation sites excluding steroid dienone is 1. The smallest absolute Gasteiger partial charge is 0.410 e. The van der Waals surface area contributed by atoms with E-state index in [1.54, 1.807) is 51.5 Å². The molecular weight excluding hydrogens is 526 g/mol. The van der Waals surface area contributed by atoms with Gasteiger partial charge in [-0.3, -0.25) is 4.79 Å². The van der Waals surface area contributed by atoms with Crippen molar-refractivity contribution in [3.8, 4) is 0 Å². The first-order valence-corrected chi connectivity index (χ1v) is 14.4. The summed E-state index contributed by atoms with van der Waals surface area (Å²) in [5.74, 6) is 0.442. The number of benzene rings is 1. The third-order valence-electron chi connectivity index (χ3n) is 9.46. The van der Waals surface area contributed by atoms with Crippen molar-refractivity contribution in [2.24, 2.45) is 29.1 Å². The molecule has 1 saturated heterocycles. The summed E-state index contributed by atoms with van der Waals surface area (Å²) in [7, 11) is 5.00. The maximum absolute atomic E-state index is 14.2. The third-order valence-corrected chi connectivity index (χ3v) is 9.46. The fourth-order valence-corrected chi connectivity index (χ4v) is 7.08. The van der Waals surface area contributed by atoms with E-state index in [1.807, 2.05) is 0 Å². The molecule has 0 aromatic heterocycles. The number of carbonyl (C=O) groups is 4. The van der Waals surface area contributed by atoms with Gasteiger partial charge in [-0.15, -0.1) is 0 Å². The number of carbonyl (C=O) groups excluding carboxylic acids is 3. The number of rotatable bonds is 3. The number of ether oxygens (including phenoxy) is 3. The Morgan fingerprint density at radius 3 is 2.29 bits per heavy atom. The van der Waals surface area contributed by atoms with Gasteiger partial charge in [-0.25, -0.2) is 9.59 Å². The lowest BCUT2D eigenvalue weighted by Gasteiger charge is -2.59. The van der Waals surface area contributed by atoms with Crippen LogP contribution in [0, 0.1) is 29.1 Å². The van der Waals surface area contributed by atoms with Crippen LogP contribution in [0.3, 0.4) is 0 Å². The van der Waals surface area contributed by atoms with Crippen molar-refractivity contribution in [3.05, 3.63) is 47.0 Å². The largest absolute Gasteiger partial charge is 0.478 e. The van der Waals surface area contributed by atoms with Crippen molar-refractivity contribution in [2.45, 2.75) is 71.7 Å².